The third-order valence-corrected chi connectivity index (χ3v) is 2.73. The third kappa shape index (κ3) is 1.38. The van der Waals surface area contributed by atoms with Crippen LogP contribution < -0.4 is 11.5 Å². The van der Waals surface area contributed by atoms with Crippen LogP contribution >= 0.6 is 11.6 Å². The van der Waals surface area contributed by atoms with Gasteiger partial charge in [0.2, 0.25) is 0 Å². The van der Waals surface area contributed by atoms with Gasteiger partial charge in [-0.25, -0.2) is 4.39 Å². The molecule has 2 nitrogen and oxygen atoms in total. The fourth-order valence-electron chi connectivity index (χ4n) is 1.40. The zero-order chi connectivity index (χ0) is 9.64. The Morgan fingerprint density at radius 2 is 2.00 bits per heavy atom. The van der Waals surface area contributed by atoms with E-state index in [1.807, 2.05) is 0 Å². The van der Waals surface area contributed by atoms with E-state index in [2.05, 4.69) is 0 Å². The van der Waals surface area contributed by atoms with Gasteiger partial charge in [0.25, 0.3) is 0 Å². The summed E-state index contributed by atoms with van der Waals surface area (Å²) in [4.78, 5) is 0. The Kier molecular flexibility index (Phi) is 1.75. The molecule has 0 amide bonds. The van der Waals surface area contributed by atoms with Gasteiger partial charge in [0.15, 0.2) is 0 Å². The number of hydrogen-bond acceptors (Lipinski definition) is 2. The van der Waals surface area contributed by atoms with Crippen LogP contribution in [0.4, 0.5) is 10.1 Å². The van der Waals surface area contributed by atoms with Gasteiger partial charge < -0.3 is 11.5 Å². The summed E-state index contributed by atoms with van der Waals surface area (Å²) in [6.45, 7) is 0. The Labute approximate surface area is 80.7 Å². The van der Waals surface area contributed by atoms with E-state index in [1.54, 1.807) is 0 Å². The van der Waals surface area contributed by atoms with Crippen molar-refractivity contribution in [3.05, 3.63) is 28.5 Å². The Morgan fingerprint density at radius 1 is 1.38 bits per heavy atom. The van der Waals surface area contributed by atoms with E-state index in [9.17, 15) is 4.39 Å². The lowest BCUT2D eigenvalue weighted by Gasteiger charge is -2.13. The summed E-state index contributed by atoms with van der Waals surface area (Å²) < 4.78 is 13.0. The molecule has 13 heavy (non-hydrogen) atoms. The average molecular weight is 201 g/mol. The normalized spacial score (nSPS) is 18.7. The van der Waals surface area contributed by atoms with E-state index < -0.39 is 5.54 Å². The highest BCUT2D eigenvalue weighted by molar-refractivity contribution is 6.33. The molecule has 0 radical (unpaired) electrons. The number of halogens is 2. The minimum atomic E-state index is -0.435. The summed E-state index contributed by atoms with van der Waals surface area (Å²) in [5, 5.41) is 0.242. The van der Waals surface area contributed by atoms with Gasteiger partial charge in [0, 0.05) is 5.54 Å². The second kappa shape index (κ2) is 2.59. The monoisotopic (exact) mass is 200 g/mol. The van der Waals surface area contributed by atoms with Crippen LogP contribution in [0.25, 0.3) is 0 Å². The van der Waals surface area contributed by atoms with Gasteiger partial charge in [0.1, 0.15) is 5.82 Å². The quantitative estimate of drug-likeness (QED) is 0.682. The maximum absolute atomic E-state index is 13.0. The van der Waals surface area contributed by atoms with Crippen molar-refractivity contribution in [1.82, 2.24) is 0 Å². The molecule has 4 heteroatoms. The van der Waals surface area contributed by atoms with Crippen molar-refractivity contribution < 1.29 is 4.39 Å². The second-order valence-corrected chi connectivity index (χ2v) is 3.91. The van der Waals surface area contributed by atoms with E-state index in [4.69, 9.17) is 23.1 Å². The number of nitrogen functional groups attached to an aromatic ring is 1. The molecule has 0 spiro atoms. The first-order valence-corrected chi connectivity index (χ1v) is 4.45. The largest absolute Gasteiger partial charge is 0.397 e. The molecule has 2 rings (SSSR count). The van der Waals surface area contributed by atoms with Gasteiger partial charge in [-0.15, -0.1) is 0 Å². The summed E-state index contributed by atoms with van der Waals surface area (Å²) in [6, 6.07) is 2.57. The molecular formula is C9H10ClFN2. The molecule has 0 saturated heterocycles. The van der Waals surface area contributed by atoms with Crippen LogP contribution in [0.1, 0.15) is 18.4 Å². The molecule has 0 atom stereocenters. The van der Waals surface area contributed by atoms with E-state index in [0.717, 1.165) is 12.8 Å². The highest BCUT2D eigenvalue weighted by Gasteiger charge is 2.42. The van der Waals surface area contributed by atoms with Gasteiger partial charge >= 0.3 is 0 Å². The summed E-state index contributed by atoms with van der Waals surface area (Å²) in [5.74, 6) is -0.383. The maximum atomic E-state index is 13.0. The molecule has 1 aromatic carbocycles. The third-order valence-electron chi connectivity index (χ3n) is 2.42. The van der Waals surface area contributed by atoms with Crippen LogP contribution in [-0.2, 0) is 5.54 Å². The van der Waals surface area contributed by atoms with Crippen molar-refractivity contribution in [1.29, 1.82) is 0 Å². The summed E-state index contributed by atoms with van der Waals surface area (Å²) in [6.07, 6.45) is 1.69. The average Bonchev–Trinajstić information content (AvgIpc) is 2.77. The van der Waals surface area contributed by atoms with Crippen LogP contribution in [0, 0.1) is 5.82 Å². The summed E-state index contributed by atoms with van der Waals surface area (Å²) in [7, 11) is 0. The van der Waals surface area contributed by atoms with E-state index in [0.29, 0.717) is 11.3 Å². The van der Waals surface area contributed by atoms with Crippen molar-refractivity contribution in [2.45, 2.75) is 18.4 Å². The van der Waals surface area contributed by atoms with Gasteiger partial charge in [-0.05, 0) is 30.5 Å². The number of rotatable bonds is 1. The minimum absolute atomic E-state index is 0.242. The fraction of sp³-hybridized carbons (Fsp3) is 0.333. The zero-order valence-electron chi connectivity index (χ0n) is 6.98. The zero-order valence-corrected chi connectivity index (χ0v) is 7.74. The Morgan fingerprint density at radius 3 is 2.54 bits per heavy atom. The molecule has 0 aromatic heterocycles. The lowest BCUT2D eigenvalue weighted by atomic mass is 10.0. The smallest absolute Gasteiger partial charge is 0.125 e. The van der Waals surface area contributed by atoms with Gasteiger partial charge in [-0.2, -0.15) is 0 Å². The van der Waals surface area contributed by atoms with Crippen LogP contribution in [0.15, 0.2) is 12.1 Å². The molecule has 4 N–H and O–H groups in total. The number of benzene rings is 1. The van der Waals surface area contributed by atoms with Crippen molar-refractivity contribution in [3.63, 3.8) is 0 Å². The minimum Gasteiger partial charge on any atom is -0.397 e. The Bertz CT molecular complexity index is 361. The molecule has 70 valence electrons. The first-order chi connectivity index (χ1) is 6.03. The summed E-state index contributed by atoms with van der Waals surface area (Å²) >= 11 is 5.73. The Balaban J connectivity index is 2.56. The fourth-order valence-corrected chi connectivity index (χ4v) is 1.61. The van der Waals surface area contributed by atoms with E-state index in [1.165, 1.54) is 12.1 Å². The lowest BCUT2D eigenvalue weighted by Crippen LogP contribution is -2.20. The lowest BCUT2D eigenvalue weighted by molar-refractivity contribution is 0.619. The van der Waals surface area contributed by atoms with Crippen molar-refractivity contribution in [3.8, 4) is 0 Å². The van der Waals surface area contributed by atoms with Gasteiger partial charge in [-0.3, -0.25) is 0 Å². The standard InChI is InChI=1S/C9H10ClFN2/c10-7-4-5(11)3-6(8(7)12)9(13)1-2-9/h3-4H,1-2,12-13H2. The highest BCUT2D eigenvalue weighted by atomic mass is 35.5. The van der Waals surface area contributed by atoms with E-state index in [-0.39, 0.29) is 10.8 Å². The van der Waals surface area contributed by atoms with Crippen molar-refractivity contribution in [2.75, 3.05) is 5.73 Å². The molecule has 1 aromatic rings. The van der Waals surface area contributed by atoms with Crippen LogP contribution in [0.2, 0.25) is 5.02 Å². The molecular weight excluding hydrogens is 191 g/mol. The first-order valence-electron chi connectivity index (χ1n) is 4.07. The molecule has 1 aliphatic rings. The van der Waals surface area contributed by atoms with E-state index >= 15 is 0 Å². The maximum Gasteiger partial charge on any atom is 0.125 e. The number of anilines is 1. The van der Waals surface area contributed by atoms with Crippen molar-refractivity contribution >= 4 is 17.3 Å². The SMILES string of the molecule is Nc1c(Cl)cc(F)cc1C1(N)CC1. The number of hydrogen-bond donors (Lipinski definition) is 2. The molecule has 1 saturated carbocycles. The van der Waals surface area contributed by atoms with Gasteiger partial charge in [-0.1, -0.05) is 11.6 Å². The predicted octanol–water partition coefficient (Wildman–Crippen LogP) is 2.01. The highest BCUT2D eigenvalue weighted by Crippen LogP contribution is 2.46. The topological polar surface area (TPSA) is 52.0 Å². The van der Waals surface area contributed by atoms with Crippen LogP contribution in [-0.4, -0.2) is 0 Å². The first kappa shape index (κ1) is 8.78. The number of nitrogens with two attached hydrogens (primary N) is 2. The molecule has 0 heterocycles. The molecule has 0 aliphatic heterocycles. The second-order valence-electron chi connectivity index (χ2n) is 3.50. The summed E-state index contributed by atoms with van der Waals surface area (Å²) in [5.41, 5.74) is 12.2. The molecule has 1 fully saturated rings. The molecule has 1 aliphatic carbocycles. The van der Waals surface area contributed by atoms with Crippen LogP contribution in [0.5, 0.6) is 0 Å². The molecule has 0 unspecified atom stereocenters. The van der Waals surface area contributed by atoms with Crippen LogP contribution in [0.3, 0.4) is 0 Å². The van der Waals surface area contributed by atoms with Gasteiger partial charge in [0.05, 0.1) is 10.7 Å². The van der Waals surface area contributed by atoms with Crippen molar-refractivity contribution in [2.24, 2.45) is 5.73 Å². The predicted molar refractivity (Wildman–Crippen MR) is 50.9 cm³/mol. The molecule has 0 bridgehead atoms. The Hall–Kier alpha value is -0.800.